The quantitative estimate of drug-likeness (QED) is 0.793. The van der Waals surface area contributed by atoms with E-state index in [0.717, 1.165) is 38.5 Å². The highest BCUT2D eigenvalue weighted by Gasteiger charge is 2.31. The van der Waals surface area contributed by atoms with Crippen molar-refractivity contribution in [1.82, 2.24) is 25.3 Å². The van der Waals surface area contributed by atoms with Crippen molar-refractivity contribution in [3.8, 4) is 0 Å². The van der Waals surface area contributed by atoms with Crippen LogP contribution in [0.2, 0.25) is 0 Å². The van der Waals surface area contributed by atoms with Gasteiger partial charge in [-0.25, -0.2) is 0 Å². The molecule has 0 aromatic carbocycles. The van der Waals surface area contributed by atoms with Crippen LogP contribution in [0.1, 0.15) is 83.3 Å². The van der Waals surface area contributed by atoms with E-state index in [1.54, 1.807) is 0 Å². The van der Waals surface area contributed by atoms with Crippen LogP contribution in [0.15, 0.2) is 12.1 Å². The molecule has 0 bridgehead atoms. The van der Waals surface area contributed by atoms with Crippen molar-refractivity contribution in [2.45, 2.75) is 77.0 Å². The third-order valence-electron chi connectivity index (χ3n) is 6.74. The van der Waals surface area contributed by atoms with Gasteiger partial charge in [0.2, 0.25) is 0 Å². The summed E-state index contributed by atoms with van der Waals surface area (Å²) in [6.07, 6.45) is 4.97. The zero-order chi connectivity index (χ0) is 20.6. The minimum absolute atomic E-state index is 0.0746. The van der Waals surface area contributed by atoms with E-state index in [0.29, 0.717) is 5.92 Å². The maximum Gasteiger partial charge on any atom is 0.150 e. The second kappa shape index (κ2) is 7.78. The van der Waals surface area contributed by atoms with E-state index >= 15 is 0 Å². The number of likely N-dealkylation sites (tertiary alicyclic amines) is 1. The predicted molar refractivity (Wildman–Crippen MR) is 119 cm³/mol. The highest BCUT2D eigenvalue weighted by atomic mass is 15.3. The summed E-state index contributed by atoms with van der Waals surface area (Å²) in [7, 11) is 0. The van der Waals surface area contributed by atoms with E-state index in [-0.39, 0.29) is 10.8 Å². The summed E-state index contributed by atoms with van der Waals surface area (Å²) in [6.45, 7) is 17.0. The molecule has 2 saturated heterocycles. The number of nitrogens with zero attached hydrogens (tertiary/aromatic N) is 4. The lowest BCUT2D eigenvalue weighted by molar-refractivity contribution is 0.175. The van der Waals surface area contributed by atoms with E-state index in [4.69, 9.17) is 0 Å². The van der Waals surface area contributed by atoms with Crippen LogP contribution >= 0.6 is 0 Å². The van der Waals surface area contributed by atoms with Gasteiger partial charge in [0.1, 0.15) is 0 Å². The van der Waals surface area contributed by atoms with Crippen molar-refractivity contribution in [2.75, 3.05) is 37.6 Å². The lowest BCUT2D eigenvalue weighted by Gasteiger charge is -2.36. The molecule has 2 fully saturated rings. The molecule has 0 radical (unpaired) electrons. The van der Waals surface area contributed by atoms with Crippen molar-refractivity contribution < 1.29 is 0 Å². The maximum absolute atomic E-state index is 4.60. The number of piperidine rings is 1. The summed E-state index contributed by atoms with van der Waals surface area (Å²) in [5.74, 6) is 1.73. The number of hydrogen-bond donors (Lipinski definition) is 2. The number of hydrogen-bond acceptors (Lipinski definition) is 4. The molecule has 2 aromatic rings. The standard InChI is InChI=1S/C23H38N6/c1-22(2,3)19-14-18(24-25-19)17-8-12-28(13-9-17)16-23(4,5)20-15-21(27-26-20)29-10-6-7-11-29/h14-15,17H,6-13,16H2,1-5H3,(H,24,25)(H,26,27). The molecular weight excluding hydrogens is 360 g/mol. The van der Waals surface area contributed by atoms with Gasteiger partial charge in [0.15, 0.2) is 5.82 Å². The van der Waals surface area contributed by atoms with Gasteiger partial charge < -0.3 is 9.80 Å². The number of aromatic nitrogens is 4. The van der Waals surface area contributed by atoms with Gasteiger partial charge in [0.25, 0.3) is 0 Å². The molecule has 29 heavy (non-hydrogen) atoms. The molecule has 0 spiro atoms. The predicted octanol–water partition coefficient (Wildman–Crippen LogP) is 4.19. The highest BCUT2D eigenvalue weighted by molar-refractivity contribution is 5.42. The van der Waals surface area contributed by atoms with Gasteiger partial charge in [0.05, 0.1) is 5.69 Å². The first kappa shape index (κ1) is 20.5. The third-order valence-corrected chi connectivity index (χ3v) is 6.74. The SMILES string of the molecule is CC(C)(C)c1cc(C2CCN(CC(C)(C)c3cc(N4CCCC4)n[nH]3)CC2)[nH]n1. The first-order chi connectivity index (χ1) is 13.7. The van der Waals surface area contributed by atoms with Crippen molar-refractivity contribution >= 4 is 5.82 Å². The fourth-order valence-electron chi connectivity index (χ4n) is 4.74. The molecule has 6 heteroatoms. The monoisotopic (exact) mass is 398 g/mol. The Bertz CT molecular complexity index is 797. The Balaban J connectivity index is 1.33. The number of aromatic amines is 2. The normalized spacial score (nSPS) is 20.0. The van der Waals surface area contributed by atoms with Gasteiger partial charge in [-0.15, -0.1) is 0 Å². The van der Waals surface area contributed by atoms with E-state index < -0.39 is 0 Å². The Morgan fingerprint density at radius 2 is 1.62 bits per heavy atom. The zero-order valence-corrected chi connectivity index (χ0v) is 18.9. The van der Waals surface area contributed by atoms with Crippen LogP contribution in [0, 0.1) is 0 Å². The van der Waals surface area contributed by atoms with Crippen LogP contribution in [-0.4, -0.2) is 58.0 Å². The molecule has 6 nitrogen and oxygen atoms in total. The average Bonchev–Trinajstić information content (AvgIpc) is 3.40. The molecule has 2 N–H and O–H groups in total. The Morgan fingerprint density at radius 3 is 2.24 bits per heavy atom. The van der Waals surface area contributed by atoms with Crippen LogP contribution in [-0.2, 0) is 10.8 Å². The van der Waals surface area contributed by atoms with Crippen LogP contribution in [0.25, 0.3) is 0 Å². The van der Waals surface area contributed by atoms with Crippen LogP contribution in [0.5, 0.6) is 0 Å². The largest absolute Gasteiger partial charge is 0.355 e. The third kappa shape index (κ3) is 4.52. The Morgan fingerprint density at radius 1 is 0.931 bits per heavy atom. The van der Waals surface area contributed by atoms with Crippen LogP contribution < -0.4 is 4.90 Å². The Hall–Kier alpha value is -1.82. The van der Waals surface area contributed by atoms with Crippen molar-refractivity contribution in [1.29, 1.82) is 0 Å². The van der Waals surface area contributed by atoms with E-state index in [1.165, 1.54) is 42.8 Å². The summed E-state index contributed by atoms with van der Waals surface area (Å²) < 4.78 is 0. The minimum atomic E-state index is 0.0746. The van der Waals surface area contributed by atoms with E-state index in [9.17, 15) is 0 Å². The van der Waals surface area contributed by atoms with Crippen LogP contribution in [0.3, 0.4) is 0 Å². The molecular formula is C23H38N6. The Kier molecular flexibility index (Phi) is 5.49. The van der Waals surface area contributed by atoms with Crippen LogP contribution in [0.4, 0.5) is 5.82 Å². The molecule has 4 heterocycles. The summed E-state index contributed by atoms with van der Waals surface area (Å²) in [6, 6.07) is 4.56. The molecule has 160 valence electrons. The second-order valence-corrected chi connectivity index (χ2v) is 10.7. The molecule has 0 unspecified atom stereocenters. The summed E-state index contributed by atoms with van der Waals surface area (Å²) >= 11 is 0. The van der Waals surface area contributed by atoms with Crippen molar-refractivity contribution in [2.24, 2.45) is 0 Å². The fraction of sp³-hybridized carbons (Fsp3) is 0.739. The van der Waals surface area contributed by atoms with Gasteiger partial charge in [-0.2, -0.15) is 10.2 Å². The van der Waals surface area contributed by atoms with Crippen molar-refractivity contribution in [3.05, 3.63) is 29.2 Å². The first-order valence-electron chi connectivity index (χ1n) is 11.3. The summed E-state index contributed by atoms with van der Waals surface area (Å²) in [5, 5.41) is 15.8. The molecule has 2 aliphatic rings. The van der Waals surface area contributed by atoms with Gasteiger partial charge in [-0.05, 0) is 44.8 Å². The smallest absolute Gasteiger partial charge is 0.150 e. The molecule has 4 rings (SSSR count). The molecule has 0 aliphatic carbocycles. The first-order valence-corrected chi connectivity index (χ1v) is 11.3. The summed E-state index contributed by atoms with van der Waals surface area (Å²) in [5.41, 5.74) is 3.93. The molecule has 0 saturated carbocycles. The van der Waals surface area contributed by atoms with E-state index in [2.05, 4.69) is 76.9 Å². The minimum Gasteiger partial charge on any atom is -0.355 e. The van der Waals surface area contributed by atoms with Gasteiger partial charge >= 0.3 is 0 Å². The van der Waals surface area contributed by atoms with Gasteiger partial charge in [-0.3, -0.25) is 10.2 Å². The van der Waals surface area contributed by atoms with Gasteiger partial charge in [0, 0.05) is 53.8 Å². The molecule has 2 aromatic heterocycles. The van der Waals surface area contributed by atoms with Crippen molar-refractivity contribution in [3.63, 3.8) is 0 Å². The van der Waals surface area contributed by atoms with E-state index in [1.807, 2.05) is 0 Å². The molecule has 2 aliphatic heterocycles. The lowest BCUT2D eigenvalue weighted by atomic mass is 9.86. The molecule has 0 atom stereocenters. The summed E-state index contributed by atoms with van der Waals surface area (Å²) in [4.78, 5) is 5.02. The lowest BCUT2D eigenvalue weighted by Crippen LogP contribution is -2.41. The number of anilines is 1. The second-order valence-electron chi connectivity index (χ2n) is 10.7. The average molecular weight is 399 g/mol. The fourth-order valence-corrected chi connectivity index (χ4v) is 4.74. The van der Waals surface area contributed by atoms with Gasteiger partial charge in [-0.1, -0.05) is 34.6 Å². The topological polar surface area (TPSA) is 63.8 Å². The Labute approximate surface area is 175 Å². The molecule has 0 amide bonds. The number of rotatable bonds is 5. The zero-order valence-electron chi connectivity index (χ0n) is 18.9. The highest BCUT2D eigenvalue weighted by Crippen LogP contribution is 2.32. The maximum atomic E-state index is 4.60. The number of H-pyrrole nitrogens is 2. The number of nitrogens with one attached hydrogen (secondary N) is 2.